The highest BCUT2D eigenvalue weighted by molar-refractivity contribution is 7.15. The van der Waals surface area contributed by atoms with E-state index in [1.165, 1.54) is 4.88 Å². The van der Waals surface area contributed by atoms with Crippen molar-refractivity contribution in [3.05, 3.63) is 10.6 Å². The molecule has 1 unspecified atom stereocenters. The standard InChI is InChI=1S/C15H24N2O2S/c1-5-15(3,4)9-16-14-17-12-10(13(18)19-6-2)7-8-11(12)20-14/h10H,5-9H2,1-4H3,(H,16,17). The molecule has 0 saturated carbocycles. The van der Waals surface area contributed by atoms with E-state index >= 15 is 0 Å². The third-order valence-electron chi connectivity index (χ3n) is 3.96. The van der Waals surface area contributed by atoms with E-state index in [4.69, 9.17) is 4.74 Å². The van der Waals surface area contributed by atoms with Crippen LogP contribution in [0.5, 0.6) is 0 Å². The second-order valence-corrected chi connectivity index (χ2v) is 7.13. The number of aromatic nitrogens is 1. The summed E-state index contributed by atoms with van der Waals surface area (Å²) in [6, 6.07) is 0. The van der Waals surface area contributed by atoms with E-state index in [2.05, 4.69) is 31.1 Å². The van der Waals surface area contributed by atoms with Crippen LogP contribution in [-0.4, -0.2) is 24.1 Å². The Hall–Kier alpha value is -1.10. The molecule has 1 aromatic rings. The van der Waals surface area contributed by atoms with Crippen molar-refractivity contribution in [1.29, 1.82) is 0 Å². The molecule has 1 aliphatic rings. The lowest BCUT2D eigenvalue weighted by molar-refractivity contribution is -0.145. The summed E-state index contributed by atoms with van der Waals surface area (Å²) in [4.78, 5) is 17.8. The summed E-state index contributed by atoms with van der Waals surface area (Å²) in [7, 11) is 0. The predicted octanol–water partition coefficient (Wildman–Crippen LogP) is 3.58. The van der Waals surface area contributed by atoms with Crippen LogP contribution in [0.2, 0.25) is 0 Å². The maximum Gasteiger partial charge on any atom is 0.315 e. The molecule has 1 N–H and O–H groups in total. The van der Waals surface area contributed by atoms with Crippen molar-refractivity contribution >= 4 is 22.4 Å². The van der Waals surface area contributed by atoms with Gasteiger partial charge in [-0.3, -0.25) is 4.79 Å². The number of hydrogen-bond donors (Lipinski definition) is 1. The van der Waals surface area contributed by atoms with Gasteiger partial charge in [-0.15, -0.1) is 11.3 Å². The normalized spacial score (nSPS) is 17.9. The summed E-state index contributed by atoms with van der Waals surface area (Å²) in [6.07, 6.45) is 2.90. The highest BCUT2D eigenvalue weighted by Crippen LogP contribution is 2.39. The van der Waals surface area contributed by atoms with Gasteiger partial charge in [0.1, 0.15) is 5.92 Å². The average molecular weight is 296 g/mol. The van der Waals surface area contributed by atoms with Gasteiger partial charge in [0.15, 0.2) is 5.13 Å². The van der Waals surface area contributed by atoms with Crippen molar-refractivity contribution in [2.75, 3.05) is 18.5 Å². The van der Waals surface area contributed by atoms with E-state index in [0.29, 0.717) is 6.61 Å². The number of carbonyl (C=O) groups is 1. The van der Waals surface area contributed by atoms with E-state index in [1.807, 2.05) is 6.92 Å². The molecule has 1 aromatic heterocycles. The first-order chi connectivity index (χ1) is 9.46. The fourth-order valence-corrected chi connectivity index (χ4v) is 3.25. The number of esters is 1. The minimum atomic E-state index is -0.157. The summed E-state index contributed by atoms with van der Waals surface area (Å²) in [5.74, 6) is -0.284. The zero-order chi connectivity index (χ0) is 14.8. The molecule has 4 nitrogen and oxygen atoms in total. The molecule has 0 saturated heterocycles. The van der Waals surface area contributed by atoms with Crippen molar-refractivity contribution < 1.29 is 9.53 Å². The largest absolute Gasteiger partial charge is 0.465 e. The third-order valence-corrected chi connectivity index (χ3v) is 5.05. The quantitative estimate of drug-likeness (QED) is 0.815. The van der Waals surface area contributed by atoms with Crippen LogP contribution in [0.4, 0.5) is 5.13 Å². The molecule has 0 amide bonds. The van der Waals surface area contributed by atoms with Gasteiger partial charge in [-0.05, 0) is 31.6 Å². The number of nitrogens with one attached hydrogen (secondary N) is 1. The van der Waals surface area contributed by atoms with E-state index in [1.54, 1.807) is 11.3 Å². The molecule has 0 radical (unpaired) electrons. The topological polar surface area (TPSA) is 51.2 Å². The van der Waals surface area contributed by atoms with Crippen LogP contribution in [0.3, 0.4) is 0 Å². The molecule has 0 fully saturated rings. The van der Waals surface area contributed by atoms with Gasteiger partial charge in [0, 0.05) is 11.4 Å². The first-order valence-electron chi connectivity index (χ1n) is 7.37. The summed E-state index contributed by atoms with van der Waals surface area (Å²) in [5.41, 5.74) is 1.20. The number of hydrogen-bond acceptors (Lipinski definition) is 5. The lowest BCUT2D eigenvalue weighted by Gasteiger charge is -2.22. The summed E-state index contributed by atoms with van der Waals surface area (Å²) < 4.78 is 5.13. The van der Waals surface area contributed by atoms with Crippen LogP contribution < -0.4 is 5.32 Å². The smallest absolute Gasteiger partial charge is 0.315 e. The van der Waals surface area contributed by atoms with Crippen LogP contribution in [0, 0.1) is 5.41 Å². The van der Waals surface area contributed by atoms with E-state index in [-0.39, 0.29) is 17.3 Å². The second-order valence-electron chi connectivity index (χ2n) is 6.04. The Morgan fingerprint density at radius 3 is 2.90 bits per heavy atom. The van der Waals surface area contributed by atoms with Crippen molar-refractivity contribution in [1.82, 2.24) is 4.98 Å². The zero-order valence-corrected chi connectivity index (χ0v) is 13.6. The van der Waals surface area contributed by atoms with E-state index in [0.717, 1.165) is 36.6 Å². The molecule has 1 atom stereocenters. The molecule has 20 heavy (non-hydrogen) atoms. The minimum Gasteiger partial charge on any atom is -0.465 e. The van der Waals surface area contributed by atoms with Crippen LogP contribution in [0.15, 0.2) is 0 Å². The monoisotopic (exact) mass is 296 g/mol. The Morgan fingerprint density at radius 1 is 1.50 bits per heavy atom. The van der Waals surface area contributed by atoms with Gasteiger partial charge in [-0.2, -0.15) is 0 Å². The van der Waals surface area contributed by atoms with Crippen molar-refractivity contribution in [3.63, 3.8) is 0 Å². The van der Waals surface area contributed by atoms with Gasteiger partial charge in [-0.1, -0.05) is 20.8 Å². The van der Waals surface area contributed by atoms with E-state index < -0.39 is 0 Å². The first kappa shape index (κ1) is 15.3. The number of thiazole rings is 1. The van der Waals surface area contributed by atoms with Gasteiger partial charge in [0.25, 0.3) is 0 Å². The van der Waals surface area contributed by atoms with Crippen LogP contribution in [-0.2, 0) is 16.0 Å². The number of nitrogens with zero attached hydrogens (tertiary/aromatic N) is 1. The first-order valence-corrected chi connectivity index (χ1v) is 8.18. The molecular formula is C15H24N2O2S. The van der Waals surface area contributed by atoms with Crippen LogP contribution in [0.25, 0.3) is 0 Å². The Morgan fingerprint density at radius 2 is 2.25 bits per heavy atom. The molecule has 0 aliphatic heterocycles. The Bertz CT molecular complexity index is 482. The van der Waals surface area contributed by atoms with Crippen molar-refractivity contribution in [3.8, 4) is 0 Å². The number of fused-ring (bicyclic) bond motifs is 1. The summed E-state index contributed by atoms with van der Waals surface area (Å²) in [6.45, 7) is 9.85. The summed E-state index contributed by atoms with van der Waals surface area (Å²) in [5, 5.41) is 4.35. The maximum absolute atomic E-state index is 11.9. The lowest BCUT2D eigenvalue weighted by Crippen LogP contribution is -2.22. The number of ether oxygens (including phenoxy) is 1. The fourth-order valence-electron chi connectivity index (χ4n) is 2.21. The molecule has 112 valence electrons. The molecule has 2 rings (SSSR count). The Balaban J connectivity index is 2.03. The van der Waals surface area contributed by atoms with E-state index in [9.17, 15) is 4.79 Å². The molecule has 0 spiro atoms. The predicted molar refractivity (Wildman–Crippen MR) is 82.4 cm³/mol. The second kappa shape index (κ2) is 6.12. The highest BCUT2D eigenvalue weighted by atomic mass is 32.1. The van der Waals surface area contributed by atoms with Gasteiger partial charge < -0.3 is 10.1 Å². The van der Waals surface area contributed by atoms with Crippen molar-refractivity contribution in [2.45, 2.75) is 52.9 Å². The average Bonchev–Trinajstić information content (AvgIpc) is 2.96. The van der Waals surface area contributed by atoms with Gasteiger partial charge in [-0.25, -0.2) is 4.98 Å². The maximum atomic E-state index is 11.9. The summed E-state index contributed by atoms with van der Waals surface area (Å²) >= 11 is 1.68. The molecule has 5 heteroatoms. The van der Waals surface area contributed by atoms with Gasteiger partial charge >= 0.3 is 5.97 Å². The lowest BCUT2D eigenvalue weighted by atomic mass is 9.90. The zero-order valence-electron chi connectivity index (χ0n) is 12.8. The highest BCUT2D eigenvalue weighted by Gasteiger charge is 2.33. The Labute approximate surface area is 124 Å². The SMILES string of the molecule is CCOC(=O)C1CCc2sc(NCC(C)(C)CC)nc21. The minimum absolute atomic E-state index is 0.128. The third kappa shape index (κ3) is 3.32. The van der Waals surface area contributed by atoms with Crippen LogP contribution >= 0.6 is 11.3 Å². The number of rotatable bonds is 6. The number of carbonyl (C=O) groups excluding carboxylic acids is 1. The number of aryl methyl sites for hydroxylation is 1. The molecule has 1 aliphatic carbocycles. The van der Waals surface area contributed by atoms with Crippen LogP contribution in [0.1, 0.15) is 57.0 Å². The Kier molecular flexibility index (Phi) is 4.68. The number of anilines is 1. The van der Waals surface area contributed by atoms with Crippen molar-refractivity contribution in [2.24, 2.45) is 5.41 Å². The molecule has 0 aromatic carbocycles. The molecule has 0 bridgehead atoms. The fraction of sp³-hybridized carbons (Fsp3) is 0.733. The molecular weight excluding hydrogens is 272 g/mol. The van der Waals surface area contributed by atoms with Gasteiger partial charge in [0.2, 0.25) is 0 Å². The molecule has 1 heterocycles. The van der Waals surface area contributed by atoms with Gasteiger partial charge in [0.05, 0.1) is 12.3 Å².